The van der Waals surface area contributed by atoms with E-state index in [0.29, 0.717) is 0 Å². The van der Waals surface area contributed by atoms with Gasteiger partial charge < -0.3 is 9.88 Å². The van der Waals surface area contributed by atoms with Crippen molar-refractivity contribution in [2.45, 2.75) is 58.2 Å². The number of hydrogen-bond acceptors (Lipinski definition) is 1. The fourth-order valence-electron chi connectivity index (χ4n) is 3.74. The predicted octanol–water partition coefficient (Wildman–Crippen LogP) is 3.18. The van der Waals surface area contributed by atoms with E-state index in [4.69, 9.17) is 0 Å². The van der Waals surface area contributed by atoms with Gasteiger partial charge in [0.05, 0.1) is 0 Å². The molecule has 0 aliphatic heterocycles. The van der Waals surface area contributed by atoms with Crippen LogP contribution in [-0.4, -0.2) is 10.6 Å². The Labute approximate surface area is 104 Å². The van der Waals surface area contributed by atoms with E-state index in [0.717, 1.165) is 31.0 Å². The molecule has 1 aromatic heterocycles. The molecule has 0 aromatic carbocycles. The first-order valence-corrected chi connectivity index (χ1v) is 7.23. The summed E-state index contributed by atoms with van der Waals surface area (Å²) in [4.78, 5) is 0. The van der Waals surface area contributed by atoms with Crippen LogP contribution < -0.4 is 5.32 Å². The average Bonchev–Trinajstić information content (AvgIpc) is 3.02. The van der Waals surface area contributed by atoms with Crippen molar-refractivity contribution in [3.63, 3.8) is 0 Å². The Bertz CT molecular complexity index is 369. The van der Waals surface area contributed by atoms with Gasteiger partial charge in [0, 0.05) is 31.5 Å². The quantitative estimate of drug-likeness (QED) is 0.825. The summed E-state index contributed by atoms with van der Waals surface area (Å²) in [6, 6.07) is 3.07. The lowest BCUT2D eigenvalue weighted by Gasteiger charge is -2.22. The first-order chi connectivity index (χ1) is 8.35. The Hall–Kier alpha value is -0.760. The van der Waals surface area contributed by atoms with Gasteiger partial charge in [-0.1, -0.05) is 13.3 Å². The SMILES string of the molecule is CCCn1ccc(CNC2CC3CCC2C3)c1. The minimum atomic E-state index is 0.809. The van der Waals surface area contributed by atoms with Crippen LogP contribution in [0.3, 0.4) is 0 Å². The lowest BCUT2D eigenvalue weighted by Crippen LogP contribution is -2.33. The molecule has 3 unspecified atom stereocenters. The second-order valence-electron chi connectivity index (χ2n) is 5.92. The van der Waals surface area contributed by atoms with Gasteiger partial charge in [0.25, 0.3) is 0 Å². The van der Waals surface area contributed by atoms with Crippen molar-refractivity contribution < 1.29 is 0 Å². The van der Waals surface area contributed by atoms with Gasteiger partial charge >= 0.3 is 0 Å². The number of fused-ring (bicyclic) bond motifs is 2. The lowest BCUT2D eigenvalue weighted by atomic mass is 9.95. The van der Waals surface area contributed by atoms with Gasteiger partial charge in [-0.25, -0.2) is 0 Å². The molecular formula is C15H24N2. The van der Waals surface area contributed by atoms with Crippen molar-refractivity contribution >= 4 is 0 Å². The van der Waals surface area contributed by atoms with Crippen molar-refractivity contribution in [2.75, 3.05) is 0 Å². The summed E-state index contributed by atoms with van der Waals surface area (Å²) in [5.74, 6) is 2.03. The van der Waals surface area contributed by atoms with E-state index in [1.807, 2.05) is 0 Å². The Balaban J connectivity index is 1.50. The van der Waals surface area contributed by atoms with Crippen LogP contribution in [0.2, 0.25) is 0 Å². The summed E-state index contributed by atoms with van der Waals surface area (Å²) in [5.41, 5.74) is 1.45. The van der Waals surface area contributed by atoms with Gasteiger partial charge in [0.15, 0.2) is 0 Å². The van der Waals surface area contributed by atoms with Gasteiger partial charge in [-0.05, 0) is 49.1 Å². The molecule has 3 atom stereocenters. The van der Waals surface area contributed by atoms with Crippen molar-refractivity contribution in [1.82, 2.24) is 9.88 Å². The summed E-state index contributed by atoms with van der Waals surface area (Å²) >= 11 is 0. The number of aromatic nitrogens is 1. The number of hydrogen-bond donors (Lipinski definition) is 1. The summed E-state index contributed by atoms with van der Waals surface area (Å²) in [6.45, 7) is 4.44. The van der Waals surface area contributed by atoms with Gasteiger partial charge in [0.2, 0.25) is 0 Å². The van der Waals surface area contributed by atoms with Gasteiger partial charge in [-0.2, -0.15) is 0 Å². The zero-order valence-electron chi connectivity index (χ0n) is 10.9. The molecule has 94 valence electrons. The smallest absolute Gasteiger partial charge is 0.0223 e. The molecule has 0 saturated heterocycles. The van der Waals surface area contributed by atoms with Crippen LogP contribution in [0, 0.1) is 11.8 Å². The normalized spacial score (nSPS) is 31.2. The fourth-order valence-corrected chi connectivity index (χ4v) is 3.74. The number of rotatable bonds is 5. The van der Waals surface area contributed by atoms with Gasteiger partial charge in [-0.3, -0.25) is 0 Å². The average molecular weight is 232 g/mol. The molecule has 3 rings (SSSR count). The molecule has 2 heteroatoms. The van der Waals surface area contributed by atoms with E-state index in [1.54, 1.807) is 0 Å². The number of aryl methyl sites for hydroxylation is 1. The Kier molecular flexibility index (Phi) is 3.24. The highest BCUT2D eigenvalue weighted by atomic mass is 15.0. The molecule has 2 aliphatic rings. The Morgan fingerprint density at radius 3 is 3.00 bits per heavy atom. The predicted molar refractivity (Wildman–Crippen MR) is 70.8 cm³/mol. The summed E-state index contributed by atoms with van der Waals surface area (Å²) < 4.78 is 2.30. The molecular weight excluding hydrogens is 208 g/mol. The second-order valence-corrected chi connectivity index (χ2v) is 5.92. The van der Waals surface area contributed by atoms with Crippen molar-refractivity contribution in [3.8, 4) is 0 Å². The third kappa shape index (κ3) is 2.42. The van der Waals surface area contributed by atoms with E-state index in [2.05, 4.69) is 35.3 Å². The highest BCUT2D eigenvalue weighted by molar-refractivity contribution is 5.10. The van der Waals surface area contributed by atoms with Crippen molar-refractivity contribution in [2.24, 2.45) is 11.8 Å². The van der Waals surface area contributed by atoms with Crippen molar-refractivity contribution in [3.05, 3.63) is 24.0 Å². The maximum atomic E-state index is 3.77. The van der Waals surface area contributed by atoms with E-state index in [1.165, 1.54) is 37.7 Å². The maximum Gasteiger partial charge on any atom is 0.0223 e. The Morgan fingerprint density at radius 2 is 2.29 bits per heavy atom. The van der Waals surface area contributed by atoms with E-state index < -0.39 is 0 Å². The number of nitrogens with one attached hydrogen (secondary N) is 1. The molecule has 0 spiro atoms. The number of nitrogens with zero attached hydrogens (tertiary/aromatic N) is 1. The second kappa shape index (κ2) is 4.85. The summed E-state index contributed by atoms with van der Waals surface area (Å²) in [6.07, 6.45) is 11.6. The van der Waals surface area contributed by atoms with Crippen molar-refractivity contribution in [1.29, 1.82) is 0 Å². The maximum absolute atomic E-state index is 3.77. The van der Waals surface area contributed by atoms with Gasteiger partial charge in [-0.15, -0.1) is 0 Å². The molecule has 2 fully saturated rings. The fraction of sp³-hybridized carbons (Fsp3) is 0.733. The Morgan fingerprint density at radius 1 is 1.35 bits per heavy atom. The molecule has 2 nitrogen and oxygen atoms in total. The molecule has 1 aromatic rings. The molecule has 17 heavy (non-hydrogen) atoms. The minimum absolute atomic E-state index is 0.809. The topological polar surface area (TPSA) is 17.0 Å². The van der Waals surface area contributed by atoms with Crippen LogP contribution in [0.5, 0.6) is 0 Å². The molecule has 0 amide bonds. The highest BCUT2D eigenvalue weighted by Gasteiger charge is 2.38. The van der Waals surface area contributed by atoms with Crippen LogP contribution in [0.15, 0.2) is 18.5 Å². The van der Waals surface area contributed by atoms with Crippen LogP contribution in [-0.2, 0) is 13.1 Å². The third-order valence-electron chi connectivity index (χ3n) is 4.60. The monoisotopic (exact) mass is 232 g/mol. The largest absolute Gasteiger partial charge is 0.354 e. The first kappa shape index (κ1) is 11.3. The molecule has 2 aliphatic carbocycles. The first-order valence-electron chi connectivity index (χ1n) is 7.23. The standard InChI is InChI=1S/C15H24N2/c1-2-6-17-7-5-13(11-17)10-16-15-9-12-3-4-14(15)8-12/h5,7,11-12,14-16H,2-4,6,8-10H2,1H3. The molecule has 0 radical (unpaired) electrons. The minimum Gasteiger partial charge on any atom is -0.354 e. The summed E-state index contributed by atoms with van der Waals surface area (Å²) in [7, 11) is 0. The lowest BCUT2D eigenvalue weighted by molar-refractivity contribution is 0.350. The van der Waals surface area contributed by atoms with E-state index >= 15 is 0 Å². The molecule has 1 heterocycles. The van der Waals surface area contributed by atoms with Gasteiger partial charge in [0.1, 0.15) is 0 Å². The molecule has 2 bridgehead atoms. The third-order valence-corrected chi connectivity index (χ3v) is 4.60. The van der Waals surface area contributed by atoms with Crippen LogP contribution in [0.25, 0.3) is 0 Å². The summed E-state index contributed by atoms with van der Waals surface area (Å²) in [5, 5.41) is 3.77. The van der Waals surface area contributed by atoms with E-state index in [9.17, 15) is 0 Å². The van der Waals surface area contributed by atoms with Crippen LogP contribution >= 0.6 is 0 Å². The molecule has 2 saturated carbocycles. The van der Waals surface area contributed by atoms with E-state index in [-0.39, 0.29) is 0 Å². The van der Waals surface area contributed by atoms with Crippen LogP contribution in [0.4, 0.5) is 0 Å². The highest BCUT2D eigenvalue weighted by Crippen LogP contribution is 2.44. The molecule has 1 N–H and O–H groups in total. The zero-order valence-corrected chi connectivity index (χ0v) is 10.9. The zero-order chi connectivity index (χ0) is 11.7. The van der Waals surface area contributed by atoms with Crippen LogP contribution in [0.1, 0.15) is 44.6 Å².